The zero-order valence-corrected chi connectivity index (χ0v) is 12.8. The lowest BCUT2D eigenvalue weighted by Gasteiger charge is -2.27. The fraction of sp³-hybridized carbons (Fsp3) is 0.267. The van der Waals surface area contributed by atoms with Crippen molar-refractivity contribution in [3.8, 4) is 11.3 Å². The first kappa shape index (κ1) is 13.4. The first-order chi connectivity index (χ1) is 10.7. The number of ether oxygens (including phenoxy) is 1. The number of nitrogens with zero attached hydrogens (tertiary/aromatic N) is 3. The Labute approximate surface area is 130 Å². The molecule has 6 nitrogen and oxygen atoms in total. The minimum absolute atomic E-state index is 0.0863. The molecule has 1 fully saturated rings. The van der Waals surface area contributed by atoms with E-state index in [1.54, 1.807) is 19.4 Å². The molecule has 0 unspecified atom stereocenters. The Hall–Kier alpha value is -2.25. The van der Waals surface area contributed by atoms with Gasteiger partial charge in [0.25, 0.3) is 5.56 Å². The van der Waals surface area contributed by atoms with Gasteiger partial charge in [0.2, 0.25) is 0 Å². The standard InChI is InChI=1S/C15H14N4O2S/c1-19-15(20)12-11(17-10-6-21-7-10)8-22-14(12)13(18-19)9-2-4-16-5-3-9/h2-5,8,10,17H,6-7H2,1H3. The number of pyridine rings is 1. The van der Waals surface area contributed by atoms with E-state index in [1.807, 2.05) is 17.5 Å². The number of hydrogen-bond donors (Lipinski definition) is 1. The van der Waals surface area contributed by atoms with Crippen LogP contribution >= 0.6 is 11.3 Å². The molecule has 0 atom stereocenters. The Morgan fingerprint density at radius 2 is 2.14 bits per heavy atom. The summed E-state index contributed by atoms with van der Waals surface area (Å²) in [4.78, 5) is 16.5. The molecule has 0 spiro atoms. The molecule has 1 aliphatic heterocycles. The van der Waals surface area contributed by atoms with Crippen LogP contribution in [0.2, 0.25) is 0 Å². The number of anilines is 1. The van der Waals surface area contributed by atoms with E-state index in [1.165, 1.54) is 16.0 Å². The van der Waals surface area contributed by atoms with Crippen LogP contribution in [0.4, 0.5) is 5.69 Å². The summed E-state index contributed by atoms with van der Waals surface area (Å²) in [5, 5.41) is 10.5. The molecule has 1 aliphatic rings. The maximum atomic E-state index is 12.5. The van der Waals surface area contributed by atoms with Crippen molar-refractivity contribution in [2.45, 2.75) is 6.04 Å². The highest BCUT2D eigenvalue weighted by molar-refractivity contribution is 7.18. The lowest BCUT2D eigenvalue weighted by atomic mass is 10.1. The Balaban J connectivity index is 1.92. The van der Waals surface area contributed by atoms with Crippen molar-refractivity contribution in [2.24, 2.45) is 7.05 Å². The van der Waals surface area contributed by atoms with E-state index in [9.17, 15) is 4.79 Å². The second-order valence-corrected chi connectivity index (χ2v) is 6.13. The summed E-state index contributed by atoms with van der Waals surface area (Å²) in [6.45, 7) is 1.36. The fourth-order valence-corrected chi connectivity index (χ4v) is 3.50. The zero-order chi connectivity index (χ0) is 15.1. The van der Waals surface area contributed by atoms with Crippen LogP contribution in [0.1, 0.15) is 0 Å². The predicted octanol–water partition coefficient (Wildman–Crippen LogP) is 1.87. The van der Waals surface area contributed by atoms with Crippen LogP contribution in [-0.4, -0.2) is 34.0 Å². The zero-order valence-electron chi connectivity index (χ0n) is 11.9. The number of aryl methyl sites for hydroxylation is 1. The molecule has 112 valence electrons. The van der Waals surface area contributed by atoms with Gasteiger partial charge in [-0.2, -0.15) is 5.10 Å². The van der Waals surface area contributed by atoms with Gasteiger partial charge in [-0.05, 0) is 12.1 Å². The van der Waals surface area contributed by atoms with Gasteiger partial charge in [-0.25, -0.2) is 4.68 Å². The first-order valence-corrected chi connectivity index (χ1v) is 7.85. The van der Waals surface area contributed by atoms with E-state index in [2.05, 4.69) is 15.4 Å². The Morgan fingerprint density at radius 1 is 1.36 bits per heavy atom. The molecule has 1 saturated heterocycles. The average molecular weight is 314 g/mol. The van der Waals surface area contributed by atoms with E-state index in [4.69, 9.17) is 4.74 Å². The lowest BCUT2D eigenvalue weighted by Crippen LogP contribution is -2.40. The van der Waals surface area contributed by atoms with Crippen LogP contribution in [0.25, 0.3) is 21.3 Å². The normalized spacial score (nSPS) is 15.0. The van der Waals surface area contributed by atoms with Crippen molar-refractivity contribution in [2.75, 3.05) is 18.5 Å². The molecular formula is C15H14N4O2S. The summed E-state index contributed by atoms with van der Waals surface area (Å²) in [5.74, 6) is 0. The largest absolute Gasteiger partial charge is 0.377 e. The highest BCUT2D eigenvalue weighted by Gasteiger charge is 2.22. The number of aromatic nitrogens is 3. The Bertz CT molecular complexity index is 884. The van der Waals surface area contributed by atoms with E-state index < -0.39 is 0 Å². The average Bonchev–Trinajstić information content (AvgIpc) is 2.92. The van der Waals surface area contributed by atoms with Crippen molar-refractivity contribution in [1.82, 2.24) is 14.8 Å². The molecule has 4 heterocycles. The van der Waals surface area contributed by atoms with Crippen molar-refractivity contribution in [3.63, 3.8) is 0 Å². The summed E-state index contributed by atoms with van der Waals surface area (Å²) >= 11 is 1.54. The van der Waals surface area contributed by atoms with E-state index >= 15 is 0 Å². The molecule has 0 radical (unpaired) electrons. The van der Waals surface area contributed by atoms with Crippen LogP contribution in [0.5, 0.6) is 0 Å². The number of hydrogen-bond acceptors (Lipinski definition) is 6. The third-order valence-corrected chi connectivity index (χ3v) is 4.70. The molecule has 4 rings (SSSR count). The second-order valence-electron chi connectivity index (χ2n) is 5.25. The molecule has 0 amide bonds. The molecular weight excluding hydrogens is 300 g/mol. The van der Waals surface area contributed by atoms with Gasteiger partial charge in [0.05, 0.1) is 35.0 Å². The maximum absolute atomic E-state index is 12.5. The molecule has 0 saturated carbocycles. The minimum atomic E-state index is -0.0863. The summed E-state index contributed by atoms with van der Waals surface area (Å²) in [5.41, 5.74) is 2.54. The lowest BCUT2D eigenvalue weighted by molar-refractivity contribution is 0.0212. The van der Waals surface area contributed by atoms with Gasteiger partial charge in [0.15, 0.2) is 0 Å². The first-order valence-electron chi connectivity index (χ1n) is 6.97. The number of thiophene rings is 1. The van der Waals surface area contributed by atoms with Crippen molar-refractivity contribution in [1.29, 1.82) is 0 Å². The monoisotopic (exact) mass is 314 g/mol. The number of fused-ring (bicyclic) bond motifs is 1. The molecule has 1 N–H and O–H groups in total. The summed E-state index contributed by atoms with van der Waals surface area (Å²) in [7, 11) is 1.68. The van der Waals surface area contributed by atoms with Crippen LogP contribution in [0.15, 0.2) is 34.7 Å². The van der Waals surface area contributed by atoms with Crippen LogP contribution < -0.4 is 10.9 Å². The maximum Gasteiger partial charge on any atom is 0.277 e. The van der Waals surface area contributed by atoms with Gasteiger partial charge in [-0.1, -0.05) is 0 Å². The van der Waals surface area contributed by atoms with Crippen LogP contribution in [0.3, 0.4) is 0 Å². The van der Waals surface area contributed by atoms with E-state index in [-0.39, 0.29) is 11.6 Å². The predicted molar refractivity (Wildman–Crippen MR) is 86.3 cm³/mol. The topological polar surface area (TPSA) is 69.0 Å². The molecule has 7 heteroatoms. The van der Waals surface area contributed by atoms with Gasteiger partial charge >= 0.3 is 0 Å². The minimum Gasteiger partial charge on any atom is -0.377 e. The summed E-state index contributed by atoms with van der Waals surface area (Å²) in [6, 6.07) is 4.08. The van der Waals surface area contributed by atoms with Crippen molar-refractivity contribution < 1.29 is 4.74 Å². The van der Waals surface area contributed by atoms with E-state index in [0.717, 1.165) is 21.6 Å². The van der Waals surface area contributed by atoms with Gasteiger partial charge in [0.1, 0.15) is 5.69 Å². The molecule has 0 aromatic carbocycles. The van der Waals surface area contributed by atoms with Gasteiger partial charge < -0.3 is 10.1 Å². The summed E-state index contributed by atoms with van der Waals surface area (Å²) in [6.07, 6.45) is 3.46. The third-order valence-electron chi connectivity index (χ3n) is 3.72. The van der Waals surface area contributed by atoms with Crippen molar-refractivity contribution >= 4 is 27.1 Å². The van der Waals surface area contributed by atoms with Crippen LogP contribution in [0, 0.1) is 0 Å². The molecule has 22 heavy (non-hydrogen) atoms. The molecule has 0 bridgehead atoms. The molecule has 3 aromatic heterocycles. The summed E-state index contributed by atoms with van der Waals surface area (Å²) < 4.78 is 7.48. The Morgan fingerprint density at radius 3 is 2.82 bits per heavy atom. The SMILES string of the molecule is Cn1nc(-c2ccncc2)c2scc(NC3COC3)c2c1=O. The van der Waals surface area contributed by atoms with Crippen LogP contribution in [-0.2, 0) is 11.8 Å². The van der Waals surface area contributed by atoms with Gasteiger partial charge in [-0.3, -0.25) is 9.78 Å². The molecule has 3 aromatic rings. The van der Waals surface area contributed by atoms with Gasteiger partial charge in [-0.15, -0.1) is 11.3 Å². The number of rotatable bonds is 3. The quantitative estimate of drug-likeness (QED) is 0.799. The molecule has 0 aliphatic carbocycles. The fourth-order valence-electron chi connectivity index (χ4n) is 2.49. The van der Waals surface area contributed by atoms with E-state index in [0.29, 0.717) is 18.6 Å². The van der Waals surface area contributed by atoms with Gasteiger partial charge in [0, 0.05) is 30.4 Å². The second kappa shape index (κ2) is 5.19. The third kappa shape index (κ3) is 2.10. The smallest absolute Gasteiger partial charge is 0.277 e. The number of nitrogens with one attached hydrogen (secondary N) is 1. The Kier molecular flexibility index (Phi) is 3.16. The highest BCUT2D eigenvalue weighted by Crippen LogP contribution is 2.34. The highest BCUT2D eigenvalue weighted by atomic mass is 32.1. The van der Waals surface area contributed by atoms with Crippen molar-refractivity contribution in [3.05, 3.63) is 40.3 Å².